The van der Waals surface area contributed by atoms with E-state index in [1.54, 1.807) is 48.5 Å². The molecule has 0 fully saturated rings. The van der Waals surface area contributed by atoms with Crippen LogP contribution in [0.1, 0.15) is 20.3 Å². The van der Waals surface area contributed by atoms with Crippen molar-refractivity contribution in [1.29, 1.82) is 0 Å². The molecule has 2 aromatic rings. The summed E-state index contributed by atoms with van der Waals surface area (Å²) in [4.78, 5) is 49.5. The number of carbonyl (C=O) groups is 4. The van der Waals surface area contributed by atoms with Crippen LogP contribution in [0.15, 0.2) is 48.5 Å². The van der Waals surface area contributed by atoms with E-state index in [0.29, 0.717) is 21.4 Å². The second kappa shape index (κ2) is 10.2. The molecule has 2 amide bonds. The highest BCUT2D eigenvalue weighted by molar-refractivity contribution is 6.34. The molecule has 2 atom stereocenters. The number of anilines is 2. The van der Waals surface area contributed by atoms with Gasteiger partial charge >= 0.3 is 0 Å². The Balaban J connectivity index is 2.18. The monoisotopic (exact) mass is 434 g/mol. The fourth-order valence-corrected chi connectivity index (χ4v) is 3.08. The predicted molar refractivity (Wildman–Crippen MR) is 113 cm³/mol. The lowest BCUT2D eigenvalue weighted by molar-refractivity contribution is -0.133. The van der Waals surface area contributed by atoms with Crippen LogP contribution in [0.4, 0.5) is 11.4 Å². The van der Waals surface area contributed by atoms with Crippen molar-refractivity contribution >= 4 is 58.0 Å². The third-order valence-electron chi connectivity index (χ3n) is 4.35. The van der Waals surface area contributed by atoms with E-state index < -0.39 is 35.2 Å². The van der Waals surface area contributed by atoms with Gasteiger partial charge in [-0.2, -0.15) is 0 Å². The van der Waals surface area contributed by atoms with Crippen LogP contribution in [0.3, 0.4) is 0 Å². The zero-order valence-corrected chi connectivity index (χ0v) is 17.4. The molecular weight excluding hydrogens is 415 g/mol. The predicted octanol–water partition coefficient (Wildman–Crippen LogP) is 4.37. The van der Waals surface area contributed by atoms with Crippen molar-refractivity contribution in [3.05, 3.63) is 58.6 Å². The van der Waals surface area contributed by atoms with Gasteiger partial charge in [-0.1, -0.05) is 47.5 Å². The summed E-state index contributed by atoms with van der Waals surface area (Å²) in [5.41, 5.74) is 0.677. The van der Waals surface area contributed by atoms with Crippen molar-refractivity contribution in [3.8, 4) is 0 Å². The van der Waals surface area contributed by atoms with Crippen LogP contribution >= 0.6 is 23.2 Å². The van der Waals surface area contributed by atoms with Crippen LogP contribution in [-0.2, 0) is 19.2 Å². The Bertz CT molecular complexity index is 870. The zero-order chi connectivity index (χ0) is 21.6. The van der Waals surface area contributed by atoms with E-state index in [4.69, 9.17) is 23.2 Å². The van der Waals surface area contributed by atoms with Crippen molar-refractivity contribution in [2.75, 3.05) is 10.6 Å². The molecule has 8 heteroatoms. The first kappa shape index (κ1) is 22.6. The largest absolute Gasteiger partial charge is 0.324 e. The molecule has 0 aliphatic rings. The Morgan fingerprint density at radius 2 is 1.07 bits per heavy atom. The summed E-state index contributed by atoms with van der Waals surface area (Å²) < 4.78 is 0. The molecule has 0 saturated heterocycles. The van der Waals surface area contributed by atoms with Crippen LogP contribution in [0.2, 0.25) is 10.0 Å². The van der Waals surface area contributed by atoms with Crippen molar-refractivity contribution < 1.29 is 19.2 Å². The zero-order valence-electron chi connectivity index (χ0n) is 15.9. The van der Waals surface area contributed by atoms with Crippen molar-refractivity contribution in [3.63, 3.8) is 0 Å². The Hall–Kier alpha value is -2.70. The second-order valence-corrected chi connectivity index (χ2v) is 7.31. The summed E-state index contributed by atoms with van der Waals surface area (Å²) in [6, 6.07) is 13.1. The average Bonchev–Trinajstić information content (AvgIpc) is 2.65. The third kappa shape index (κ3) is 6.14. The van der Waals surface area contributed by atoms with Crippen LogP contribution in [-0.4, -0.2) is 23.4 Å². The topological polar surface area (TPSA) is 92.3 Å². The number of nitrogens with one attached hydrogen (secondary N) is 2. The smallest absolute Gasteiger partial charge is 0.235 e. The molecule has 0 spiro atoms. The average molecular weight is 435 g/mol. The molecule has 2 aromatic carbocycles. The number of Topliss-reactive ketones (excluding diaryl/α,β-unsaturated/α-hetero) is 2. The molecule has 0 aromatic heterocycles. The molecule has 29 heavy (non-hydrogen) atoms. The maximum atomic E-state index is 12.6. The summed E-state index contributed by atoms with van der Waals surface area (Å²) in [6.07, 6.45) is -0.267. The van der Waals surface area contributed by atoms with Gasteiger partial charge in [-0.3, -0.25) is 19.2 Å². The number of benzene rings is 2. The van der Waals surface area contributed by atoms with Gasteiger partial charge in [0.25, 0.3) is 0 Å². The van der Waals surface area contributed by atoms with Gasteiger partial charge in [-0.15, -0.1) is 0 Å². The first-order valence-electron chi connectivity index (χ1n) is 8.82. The number of ketones is 2. The molecule has 2 rings (SSSR count). The quantitative estimate of drug-likeness (QED) is 0.603. The van der Waals surface area contributed by atoms with E-state index in [0.717, 1.165) is 0 Å². The number of para-hydroxylation sites is 2. The van der Waals surface area contributed by atoms with E-state index in [2.05, 4.69) is 10.6 Å². The lowest BCUT2D eigenvalue weighted by Gasteiger charge is -2.20. The number of carbonyl (C=O) groups excluding carboxylic acids is 4. The Labute approximate surface area is 178 Å². The summed E-state index contributed by atoms with van der Waals surface area (Å²) in [5, 5.41) is 5.77. The van der Waals surface area contributed by atoms with Crippen LogP contribution in [0, 0.1) is 11.8 Å². The lowest BCUT2D eigenvalue weighted by atomic mass is 9.88. The highest BCUT2D eigenvalue weighted by Crippen LogP contribution is 2.25. The van der Waals surface area contributed by atoms with Crippen molar-refractivity contribution in [2.24, 2.45) is 11.8 Å². The molecular formula is C21H20Cl2N2O4. The van der Waals surface area contributed by atoms with E-state index in [9.17, 15) is 19.2 Å². The molecule has 152 valence electrons. The number of hydrogen-bond donors (Lipinski definition) is 2. The highest BCUT2D eigenvalue weighted by Gasteiger charge is 2.33. The minimum Gasteiger partial charge on any atom is -0.324 e. The van der Waals surface area contributed by atoms with Gasteiger partial charge in [0.15, 0.2) is 0 Å². The minimum absolute atomic E-state index is 0.267. The molecule has 0 bridgehead atoms. The normalized spacial score (nSPS) is 12.6. The van der Waals surface area contributed by atoms with E-state index in [1.165, 1.54) is 13.8 Å². The number of hydrogen-bond acceptors (Lipinski definition) is 4. The van der Waals surface area contributed by atoms with E-state index in [1.807, 2.05) is 0 Å². The van der Waals surface area contributed by atoms with Gasteiger partial charge in [-0.05, 0) is 44.5 Å². The van der Waals surface area contributed by atoms with Crippen LogP contribution < -0.4 is 10.6 Å². The number of rotatable bonds is 8. The first-order valence-corrected chi connectivity index (χ1v) is 9.58. The summed E-state index contributed by atoms with van der Waals surface area (Å²) in [6.45, 7) is 2.47. The summed E-state index contributed by atoms with van der Waals surface area (Å²) in [7, 11) is 0. The van der Waals surface area contributed by atoms with Gasteiger partial charge in [0.2, 0.25) is 11.8 Å². The molecule has 2 N–H and O–H groups in total. The Kier molecular flexibility index (Phi) is 7.93. The fraction of sp³-hybridized carbons (Fsp3) is 0.238. The van der Waals surface area contributed by atoms with Crippen LogP contribution in [0.5, 0.6) is 0 Å². The van der Waals surface area contributed by atoms with E-state index in [-0.39, 0.29) is 6.42 Å². The number of amides is 2. The molecule has 0 saturated carbocycles. The standard InChI is InChI=1S/C21H20Cl2N2O4/c1-12(26)14(20(28)24-18-9-5-3-7-16(18)22)11-15(13(2)27)21(29)25-19-10-6-4-8-17(19)23/h3-10,14-15H,11H2,1-2H3,(H,24,28)(H,25,29)/t14-,15-/m0/s1. The maximum absolute atomic E-state index is 12.6. The third-order valence-corrected chi connectivity index (χ3v) is 5.01. The first-order chi connectivity index (χ1) is 13.7. The van der Waals surface area contributed by atoms with E-state index >= 15 is 0 Å². The highest BCUT2D eigenvalue weighted by atomic mass is 35.5. The van der Waals surface area contributed by atoms with Gasteiger partial charge in [-0.25, -0.2) is 0 Å². The molecule has 0 radical (unpaired) electrons. The van der Waals surface area contributed by atoms with Crippen LogP contribution in [0.25, 0.3) is 0 Å². The van der Waals surface area contributed by atoms with Gasteiger partial charge < -0.3 is 10.6 Å². The molecule has 6 nitrogen and oxygen atoms in total. The summed E-state index contributed by atoms with van der Waals surface area (Å²) in [5.74, 6) is -4.60. The van der Waals surface area contributed by atoms with Gasteiger partial charge in [0, 0.05) is 0 Å². The Morgan fingerprint density at radius 3 is 1.38 bits per heavy atom. The fourth-order valence-electron chi connectivity index (χ4n) is 2.72. The molecule has 0 heterocycles. The van der Waals surface area contributed by atoms with Crippen molar-refractivity contribution in [2.45, 2.75) is 20.3 Å². The molecule has 0 aliphatic heterocycles. The summed E-state index contributed by atoms with van der Waals surface area (Å²) >= 11 is 12.1. The van der Waals surface area contributed by atoms with Gasteiger partial charge in [0.05, 0.1) is 33.3 Å². The molecule has 0 unspecified atom stereocenters. The van der Waals surface area contributed by atoms with Crippen molar-refractivity contribution in [1.82, 2.24) is 0 Å². The Morgan fingerprint density at radius 1 is 0.724 bits per heavy atom. The SMILES string of the molecule is CC(=O)[C@H](C[C@@H](C(C)=O)C(=O)Nc1ccccc1Cl)C(=O)Nc1ccccc1Cl. The minimum atomic E-state index is -1.20. The number of halogens is 2. The second-order valence-electron chi connectivity index (χ2n) is 6.50. The molecule has 0 aliphatic carbocycles. The lowest BCUT2D eigenvalue weighted by Crippen LogP contribution is -2.36. The maximum Gasteiger partial charge on any atom is 0.235 e. The van der Waals surface area contributed by atoms with Gasteiger partial charge in [0.1, 0.15) is 11.6 Å².